The van der Waals surface area contributed by atoms with Crippen molar-refractivity contribution in [3.63, 3.8) is 0 Å². The summed E-state index contributed by atoms with van der Waals surface area (Å²) in [5, 5.41) is 11.0. The standard InChI is InChI=1S/C20H19N3O5S/c1-4-9-22-16-8-6-14(23(25)26)11-18(16)29-20(22)21-19(24)10-13-5-7-15(27-2)12-17(13)28-3/h4-8,11-12H,1,9-10H2,2-3H3. The Morgan fingerprint density at radius 3 is 2.72 bits per heavy atom. The molecule has 0 fully saturated rings. The first-order chi connectivity index (χ1) is 14.0. The number of benzene rings is 2. The monoisotopic (exact) mass is 413 g/mol. The highest BCUT2D eigenvalue weighted by Gasteiger charge is 2.14. The topological polar surface area (TPSA) is 96.0 Å². The molecule has 0 bridgehead atoms. The zero-order chi connectivity index (χ0) is 21.0. The molecule has 0 aliphatic carbocycles. The van der Waals surface area contributed by atoms with Gasteiger partial charge in [0, 0.05) is 30.3 Å². The van der Waals surface area contributed by atoms with E-state index in [4.69, 9.17) is 9.47 Å². The lowest BCUT2D eigenvalue weighted by Crippen LogP contribution is -2.17. The molecule has 150 valence electrons. The highest BCUT2D eigenvalue weighted by molar-refractivity contribution is 7.16. The Hall–Kier alpha value is -3.46. The number of non-ortho nitro benzene ring substituents is 1. The molecule has 9 heteroatoms. The number of methoxy groups -OCH3 is 2. The molecule has 1 amide bonds. The number of carbonyl (C=O) groups is 1. The summed E-state index contributed by atoms with van der Waals surface area (Å²) in [5.41, 5.74) is 1.44. The normalized spacial score (nSPS) is 11.4. The molecule has 0 saturated carbocycles. The van der Waals surface area contributed by atoms with Gasteiger partial charge in [-0.05, 0) is 12.1 Å². The maximum atomic E-state index is 12.6. The maximum absolute atomic E-state index is 12.6. The summed E-state index contributed by atoms with van der Waals surface area (Å²) in [4.78, 5) is 27.9. The number of fused-ring (bicyclic) bond motifs is 1. The number of aromatic nitrogens is 1. The van der Waals surface area contributed by atoms with Gasteiger partial charge in [0.25, 0.3) is 11.6 Å². The van der Waals surface area contributed by atoms with Crippen LogP contribution < -0.4 is 14.3 Å². The average Bonchev–Trinajstić information content (AvgIpc) is 3.04. The number of hydrogen-bond donors (Lipinski definition) is 0. The molecular formula is C20H19N3O5S. The van der Waals surface area contributed by atoms with Crippen LogP contribution in [0.1, 0.15) is 5.56 Å². The summed E-state index contributed by atoms with van der Waals surface area (Å²) < 4.78 is 13.0. The SMILES string of the molecule is C=CCn1c(=NC(=O)Cc2ccc(OC)cc2OC)sc2cc([N+](=O)[O-])ccc21. The van der Waals surface area contributed by atoms with Crippen molar-refractivity contribution in [1.82, 2.24) is 4.57 Å². The predicted octanol–water partition coefficient (Wildman–Crippen LogP) is 3.48. The van der Waals surface area contributed by atoms with Crippen LogP contribution >= 0.6 is 11.3 Å². The van der Waals surface area contributed by atoms with Gasteiger partial charge in [-0.2, -0.15) is 4.99 Å². The number of nitro benzene ring substituents is 1. The lowest BCUT2D eigenvalue weighted by Gasteiger charge is -2.08. The highest BCUT2D eigenvalue weighted by Crippen LogP contribution is 2.26. The number of carbonyl (C=O) groups excluding carboxylic acids is 1. The molecule has 3 aromatic rings. The molecule has 2 aromatic carbocycles. The van der Waals surface area contributed by atoms with E-state index in [1.165, 1.54) is 30.6 Å². The van der Waals surface area contributed by atoms with Crippen molar-refractivity contribution in [1.29, 1.82) is 0 Å². The van der Waals surface area contributed by atoms with Gasteiger partial charge in [-0.25, -0.2) is 0 Å². The van der Waals surface area contributed by atoms with Gasteiger partial charge in [-0.1, -0.05) is 23.5 Å². The molecule has 0 radical (unpaired) electrons. The Bertz CT molecular complexity index is 1160. The van der Waals surface area contributed by atoms with Crippen molar-refractivity contribution in [2.45, 2.75) is 13.0 Å². The number of allylic oxidation sites excluding steroid dienone is 1. The molecule has 0 atom stereocenters. The largest absolute Gasteiger partial charge is 0.497 e. The number of hydrogen-bond acceptors (Lipinski definition) is 6. The van der Waals surface area contributed by atoms with E-state index in [2.05, 4.69) is 11.6 Å². The molecule has 0 spiro atoms. The van der Waals surface area contributed by atoms with Crippen LogP contribution in [-0.2, 0) is 17.8 Å². The van der Waals surface area contributed by atoms with Crippen LogP contribution in [0.15, 0.2) is 54.0 Å². The van der Waals surface area contributed by atoms with Crippen LogP contribution in [0, 0.1) is 10.1 Å². The fourth-order valence-corrected chi connectivity index (χ4v) is 3.96. The fourth-order valence-electron chi connectivity index (χ4n) is 2.87. The molecule has 1 aromatic heterocycles. The molecule has 8 nitrogen and oxygen atoms in total. The number of amides is 1. The number of rotatable bonds is 7. The minimum absolute atomic E-state index is 0.00894. The Morgan fingerprint density at radius 2 is 2.07 bits per heavy atom. The lowest BCUT2D eigenvalue weighted by molar-refractivity contribution is -0.384. The first-order valence-corrected chi connectivity index (χ1v) is 9.45. The van der Waals surface area contributed by atoms with E-state index in [9.17, 15) is 14.9 Å². The Labute approximate surface area is 170 Å². The van der Waals surface area contributed by atoms with E-state index in [0.717, 1.165) is 5.52 Å². The number of nitrogens with zero attached hydrogens (tertiary/aromatic N) is 3. The molecule has 0 aliphatic rings. The second-order valence-corrected chi connectivity index (χ2v) is 7.06. The van der Waals surface area contributed by atoms with E-state index >= 15 is 0 Å². The van der Waals surface area contributed by atoms with Crippen molar-refractivity contribution in [3.05, 3.63) is 69.5 Å². The van der Waals surface area contributed by atoms with Crippen LogP contribution in [-0.4, -0.2) is 29.6 Å². The third kappa shape index (κ3) is 4.35. The van der Waals surface area contributed by atoms with E-state index in [0.29, 0.717) is 33.1 Å². The summed E-state index contributed by atoms with van der Waals surface area (Å²) in [6.07, 6.45) is 1.74. The van der Waals surface area contributed by atoms with Crippen molar-refractivity contribution >= 4 is 33.1 Å². The second kappa shape index (κ2) is 8.70. The summed E-state index contributed by atoms with van der Waals surface area (Å²) in [7, 11) is 3.08. The number of ether oxygens (including phenoxy) is 2. The fraction of sp³-hybridized carbons (Fsp3) is 0.200. The zero-order valence-corrected chi connectivity index (χ0v) is 16.8. The molecular weight excluding hydrogens is 394 g/mol. The van der Waals surface area contributed by atoms with Gasteiger partial charge in [0.2, 0.25) is 0 Å². The Kier molecular flexibility index (Phi) is 6.08. The predicted molar refractivity (Wildman–Crippen MR) is 110 cm³/mol. The van der Waals surface area contributed by atoms with Gasteiger partial charge in [0.1, 0.15) is 11.5 Å². The summed E-state index contributed by atoms with van der Waals surface area (Å²) in [6, 6.07) is 9.79. The van der Waals surface area contributed by atoms with Gasteiger partial charge >= 0.3 is 0 Å². The first-order valence-electron chi connectivity index (χ1n) is 8.64. The Balaban J connectivity index is 2.00. The van der Waals surface area contributed by atoms with Gasteiger partial charge < -0.3 is 14.0 Å². The summed E-state index contributed by atoms with van der Waals surface area (Å²) in [6.45, 7) is 4.16. The van der Waals surface area contributed by atoms with Gasteiger partial charge in [0.15, 0.2) is 4.80 Å². The van der Waals surface area contributed by atoms with Crippen molar-refractivity contribution in [3.8, 4) is 11.5 Å². The summed E-state index contributed by atoms with van der Waals surface area (Å²) in [5.74, 6) is 0.816. The lowest BCUT2D eigenvalue weighted by atomic mass is 10.1. The van der Waals surface area contributed by atoms with Crippen LogP contribution in [0.3, 0.4) is 0 Å². The van der Waals surface area contributed by atoms with E-state index in [-0.39, 0.29) is 18.0 Å². The molecule has 0 saturated heterocycles. The van der Waals surface area contributed by atoms with E-state index in [1.54, 1.807) is 42.0 Å². The minimum atomic E-state index is -0.449. The Morgan fingerprint density at radius 1 is 1.28 bits per heavy atom. The minimum Gasteiger partial charge on any atom is -0.497 e. The molecule has 0 N–H and O–H groups in total. The smallest absolute Gasteiger partial charge is 0.270 e. The van der Waals surface area contributed by atoms with Crippen LogP contribution in [0.4, 0.5) is 5.69 Å². The van der Waals surface area contributed by atoms with Crippen LogP contribution in [0.5, 0.6) is 11.5 Å². The highest BCUT2D eigenvalue weighted by atomic mass is 32.1. The third-order valence-corrected chi connectivity index (χ3v) is 5.29. The van der Waals surface area contributed by atoms with Crippen molar-refractivity contribution < 1.29 is 19.2 Å². The molecule has 3 rings (SSSR count). The second-order valence-electron chi connectivity index (χ2n) is 6.05. The molecule has 0 aliphatic heterocycles. The molecule has 29 heavy (non-hydrogen) atoms. The van der Waals surface area contributed by atoms with Crippen LogP contribution in [0.25, 0.3) is 10.2 Å². The van der Waals surface area contributed by atoms with Crippen molar-refractivity contribution in [2.24, 2.45) is 4.99 Å². The van der Waals surface area contributed by atoms with Gasteiger partial charge in [-0.3, -0.25) is 14.9 Å². The van der Waals surface area contributed by atoms with E-state index in [1.807, 2.05) is 0 Å². The van der Waals surface area contributed by atoms with Crippen LogP contribution in [0.2, 0.25) is 0 Å². The summed E-state index contributed by atoms with van der Waals surface area (Å²) >= 11 is 1.22. The maximum Gasteiger partial charge on any atom is 0.270 e. The average molecular weight is 413 g/mol. The van der Waals surface area contributed by atoms with Crippen molar-refractivity contribution in [2.75, 3.05) is 14.2 Å². The number of thiazole rings is 1. The van der Waals surface area contributed by atoms with Gasteiger partial charge in [-0.15, -0.1) is 6.58 Å². The quantitative estimate of drug-likeness (QED) is 0.336. The molecule has 0 unspecified atom stereocenters. The zero-order valence-electron chi connectivity index (χ0n) is 16.0. The van der Waals surface area contributed by atoms with E-state index < -0.39 is 4.92 Å². The number of nitro groups is 1. The first kappa shape index (κ1) is 20.3. The van der Waals surface area contributed by atoms with Gasteiger partial charge in [0.05, 0.1) is 35.8 Å². The third-order valence-electron chi connectivity index (χ3n) is 4.25. The molecule has 1 heterocycles.